The Morgan fingerprint density at radius 1 is 1.35 bits per heavy atom. The zero-order valence-electron chi connectivity index (χ0n) is 10.5. The molecule has 0 aliphatic rings. The molecular formula is C14H20N2O. The standard InChI is InChI=1S/C14H20N2O/c1-11(17-2)10-16-8-6-13-9-12(5-7-15)3-4-14(13)16/h3-4,6,8-9,11H,5,7,10,15H2,1-2H3. The molecule has 1 aromatic heterocycles. The molecule has 0 radical (unpaired) electrons. The molecule has 92 valence electrons. The van der Waals surface area contributed by atoms with Crippen molar-refractivity contribution >= 4 is 10.9 Å². The molecule has 0 fully saturated rings. The first kappa shape index (κ1) is 12.1. The van der Waals surface area contributed by atoms with Crippen LogP contribution in [0.5, 0.6) is 0 Å². The fourth-order valence-electron chi connectivity index (χ4n) is 2.08. The number of aromatic nitrogens is 1. The number of benzene rings is 1. The van der Waals surface area contributed by atoms with Crippen LogP contribution < -0.4 is 5.73 Å². The maximum absolute atomic E-state index is 5.57. The summed E-state index contributed by atoms with van der Waals surface area (Å²) >= 11 is 0. The van der Waals surface area contributed by atoms with Crippen molar-refractivity contribution in [2.45, 2.75) is 26.0 Å². The number of fused-ring (bicyclic) bond motifs is 1. The van der Waals surface area contributed by atoms with Crippen LogP contribution >= 0.6 is 0 Å². The molecule has 3 nitrogen and oxygen atoms in total. The van der Waals surface area contributed by atoms with Crippen LogP contribution in [0.4, 0.5) is 0 Å². The van der Waals surface area contributed by atoms with E-state index in [0.717, 1.165) is 13.0 Å². The zero-order valence-corrected chi connectivity index (χ0v) is 10.5. The number of nitrogens with two attached hydrogens (primary N) is 1. The topological polar surface area (TPSA) is 40.2 Å². The first-order valence-electron chi connectivity index (χ1n) is 6.05. The van der Waals surface area contributed by atoms with Crippen molar-refractivity contribution in [3.05, 3.63) is 36.0 Å². The first-order chi connectivity index (χ1) is 8.24. The predicted molar refractivity (Wildman–Crippen MR) is 71.2 cm³/mol. The summed E-state index contributed by atoms with van der Waals surface area (Å²) in [5.41, 5.74) is 8.13. The lowest BCUT2D eigenvalue weighted by molar-refractivity contribution is 0.104. The van der Waals surface area contributed by atoms with E-state index in [2.05, 4.69) is 42.0 Å². The summed E-state index contributed by atoms with van der Waals surface area (Å²) in [7, 11) is 1.75. The second-order valence-corrected chi connectivity index (χ2v) is 4.45. The normalized spacial score (nSPS) is 13.1. The molecule has 1 aromatic carbocycles. The molecule has 2 rings (SSSR count). The summed E-state index contributed by atoms with van der Waals surface area (Å²) < 4.78 is 7.53. The highest BCUT2D eigenvalue weighted by atomic mass is 16.5. The summed E-state index contributed by atoms with van der Waals surface area (Å²) in [6.07, 6.45) is 3.29. The van der Waals surface area contributed by atoms with Gasteiger partial charge in [0.2, 0.25) is 0 Å². The quantitative estimate of drug-likeness (QED) is 0.858. The van der Waals surface area contributed by atoms with E-state index in [4.69, 9.17) is 10.5 Å². The van der Waals surface area contributed by atoms with Gasteiger partial charge in [0.1, 0.15) is 0 Å². The van der Waals surface area contributed by atoms with E-state index >= 15 is 0 Å². The van der Waals surface area contributed by atoms with Gasteiger partial charge in [-0.2, -0.15) is 0 Å². The summed E-state index contributed by atoms with van der Waals surface area (Å²) in [4.78, 5) is 0. The molecule has 2 N–H and O–H groups in total. The van der Waals surface area contributed by atoms with Gasteiger partial charge in [0.05, 0.1) is 6.10 Å². The third-order valence-electron chi connectivity index (χ3n) is 3.12. The maximum Gasteiger partial charge on any atom is 0.0722 e. The molecule has 3 heteroatoms. The van der Waals surface area contributed by atoms with Crippen LogP contribution in [-0.2, 0) is 17.7 Å². The largest absolute Gasteiger partial charge is 0.380 e. The highest BCUT2D eigenvalue weighted by Crippen LogP contribution is 2.18. The minimum atomic E-state index is 0.231. The van der Waals surface area contributed by atoms with E-state index in [0.29, 0.717) is 6.54 Å². The Labute approximate surface area is 102 Å². The van der Waals surface area contributed by atoms with Crippen molar-refractivity contribution in [3.8, 4) is 0 Å². The Kier molecular flexibility index (Phi) is 3.82. The third kappa shape index (κ3) is 2.68. The summed E-state index contributed by atoms with van der Waals surface area (Å²) in [6, 6.07) is 8.69. The zero-order chi connectivity index (χ0) is 12.3. The van der Waals surface area contributed by atoms with Gasteiger partial charge < -0.3 is 15.0 Å². The molecule has 0 saturated heterocycles. The molecule has 1 heterocycles. The van der Waals surface area contributed by atoms with Gasteiger partial charge in [0.25, 0.3) is 0 Å². The smallest absolute Gasteiger partial charge is 0.0722 e. The highest BCUT2D eigenvalue weighted by Gasteiger charge is 2.05. The molecule has 0 saturated carbocycles. The molecule has 0 aliphatic heterocycles. The Balaban J connectivity index is 2.28. The van der Waals surface area contributed by atoms with Crippen molar-refractivity contribution < 1.29 is 4.74 Å². The van der Waals surface area contributed by atoms with Crippen molar-refractivity contribution in [3.63, 3.8) is 0 Å². The molecule has 17 heavy (non-hydrogen) atoms. The van der Waals surface area contributed by atoms with Gasteiger partial charge in [-0.1, -0.05) is 6.07 Å². The average molecular weight is 232 g/mol. The van der Waals surface area contributed by atoms with Crippen LogP contribution in [0.3, 0.4) is 0 Å². The number of rotatable bonds is 5. The number of hydrogen-bond donors (Lipinski definition) is 1. The van der Waals surface area contributed by atoms with E-state index < -0.39 is 0 Å². The van der Waals surface area contributed by atoms with Crippen LogP contribution in [0.25, 0.3) is 10.9 Å². The number of nitrogens with zero attached hydrogens (tertiary/aromatic N) is 1. The Morgan fingerprint density at radius 3 is 2.88 bits per heavy atom. The predicted octanol–water partition coefficient (Wildman–Crippen LogP) is 2.18. The van der Waals surface area contributed by atoms with Gasteiger partial charge in [-0.15, -0.1) is 0 Å². The molecule has 0 bridgehead atoms. The van der Waals surface area contributed by atoms with Crippen molar-refractivity contribution in [1.82, 2.24) is 4.57 Å². The molecular weight excluding hydrogens is 212 g/mol. The van der Waals surface area contributed by atoms with E-state index in [1.54, 1.807) is 7.11 Å². The van der Waals surface area contributed by atoms with Crippen molar-refractivity contribution in [2.75, 3.05) is 13.7 Å². The lowest BCUT2D eigenvalue weighted by Crippen LogP contribution is -2.13. The number of methoxy groups -OCH3 is 1. The summed E-state index contributed by atoms with van der Waals surface area (Å²) in [5.74, 6) is 0. The summed E-state index contributed by atoms with van der Waals surface area (Å²) in [6.45, 7) is 3.66. The van der Waals surface area contributed by atoms with Gasteiger partial charge >= 0.3 is 0 Å². The molecule has 0 aliphatic carbocycles. The van der Waals surface area contributed by atoms with E-state index in [9.17, 15) is 0 Å². The molecule has 0 spiro atoms. The monoisotopic (exact) mass is 232 g/mol. The van der Waals surface area contributed by atoms with Crippen LogP contribution in [0, 0.1) is 0 Å². The fourth-order valence-corrected chi connectivity index (χ4v) is 2.08. The molecule has 1 atom stereocenters. The lowest BCUT2D eigenvalue weighted by Gasteiger charge is -2.11. The van der Waals surface area contributed by atoms with Crippen LogP contribution in [-0.4, -0.2) is 24.3 Å². The minimum Gasteiger partial charge on any atom is -0.380 e. The Bertz CT molecular complexity index is 490. The van der Waals surface area contributed by atoms with Crippen LogP contribution in [0.15, 0.2) is 30.5 Å². The molecule has 1 unspecified atom stereocenters. The highest BCUT2D eigenvalue weighted by molar-refractivity contribution is 5.80. The summed E-state index contributed by atoms with van der Waals surface area (Å²) in [5, 5.41) is 1.28. The minimum absolute atomic E-state index is 0.231. The van der Waals surface area contributed by atoms with Gasteiger partial charge in [0, 0.05) is 25.4 Å². The number of ether oxygens (including phenoxy) is 1. The van der Waals surface area contributed by atoms with E-state index in [1.165, 1.54) is 16.5 Å². The fraction of sp³-hybridized carbons (Fsp3) is 0.429. The van der Waals surface area contributed by atoms with Crippen molar-refractivity contribution in [2.24, 2.45) is 5.73 Å². The van der Waals surface area contributed by atoms with Crippen molar-refractivity contribution in [1.29, 1.82) is 0 Å². The second-order valence-electron chi connectivity index (χ2n) is 4.45. The number of hydrogen-bond acceptors (Lipinski definition) is 2. The van der Waals surface area contributed by atoms with Gasteiger partial charge in [-0.05, 0) is 49.0 Å². The Morgan fingerprint density at radius 2 is 2.18 bits per heavy atom. The second kappa shape index (κ2) is 5.34. The van der Waals surface area contributed by atoms with Crippen LogP contribution in [0.1, 0.15) is 12.5 Å². The van der Waals surface area contributed by atoms with E-state index in [1.807, 2.05) is 0 Å². The maximum atomic E-state index is 5.57. The SMILES string of the molecule is COC(C)Cn1ccc2cc(CCN)ccc21. The Hall–Kier alpha value is -1.32. The first-order valence-corrected chi connectivity index (χ1v) is 6.05. The van der Waals surface area contributed by atoms with E-state index in [-0.39, 0.29) is 6.10 Å². The van der Waals surface area contributed by atoms with Gasteiger partial charge in [-0.25, -0.2) is 0 Å². The third-order valence-corrected chi connectivity index (χ3v) is 3.12. The van der Waals surface area contributed by atoms with Crippen LogP contribution in [0.2, 0.25) is 0 Å². The lowest BCUT2D eigenvalue weighted by atomic mass is 10.1. The van der Waals surface area contributed by atoms with Gasteiger partial charge in [-0.3, -0.25) is 0 Å². The molecule has 2 aromatic rings. The average Bonchev–Trinajstić information content (AvgIpc) is 2.72. The van der Waals surface area contributed by atoms with Gasteiger partial charge in [0.15, 0.2) is 0 Å². The molecule has 0 amide bonds.